The maximum atomic E-state index is 13.3. The Labute approximate surface area is 167 Å². The lowest BCUT2D eigenvalue weighted by atomic mass is 10.1. The Bertz CT molecular complexity index is 1080. The fourth-order valence-corrected chi connectivity index (χ4v) is 3.96. The van der Waals surface area contributed by atoms with Crippen LogP contribution in [0.3, 0.4) is 0 Å². The summed E-state index contributed by atoms with van der Waals surface area (Å²) in [4.78, 5) is 24.5. The SMILES string of the molecule is C/C(=C1/S/C(=N/c2ccccn2)N(c2ccccc2)C1=O)c1cccc(N)c1. The molecule has 4 rings (SSSR count). The Balaban J connectivity index is 1.83. The molecule has 0 radical (unpaired) electrons. The molecule has 5 nitrogen and oxygen atoms in total. The van der Waals surface area contributed by atoms with E-state index in [0.29, 0.717) is 21.6 Å². The number of amides is 1. The van der Waals surface area contributed by atoms with Gasteiger partial charge in [-0.15, -0.1) is 0 Å². The minimum Gasteiger partial charge on any atom is -0.399 e. The molecule has 1 aliphatic heterocycles. The third-order valence-corrected chi connectivity index (χ3v) is 5.46. The van der Waals surface area contributed by atoms with Crippen molar-refractivity contribution in [2.24, 2.45) is 4.99 Å². The van der Waals surface area contributed by atoms with E-state index in [9.17, 15) is 4.79 Å². The van der Waals surface area contributed by atoms with Gasteiger partial charge in [0.05, 0.1) is 10.6 Å². The molecule has 6 heteroatoms. The minimum atomic E-state index is -0.106. The lowest BCUT2D eigenvalue weighted by molar-refractivity contribution is -0.113. The Hall–Kier alpha value is -3.38. The van der Waals surface area contributed by atoms with Gasteiger partial charge in [-0.05, 0) is 66.2 Å². The van der Waals surface area contributed by atoms with E-state index in [1.165, 1.54) is 11.8 Å². The van der Waals surface area contributed by atoms with Crippen molar-refractivity contribution in [1.82, 2.24) is 4.98 Å². The van der Waals surface area contributed by atoms with E-state index in [0.717, 1.165) is 16.8 Å². The topological polar surface area (TPSA) is 71.6 Å². The van der Waals surface area contributed by atoms with E-state index < -0.39 is 0 Å². The molecule has 1 amide bonds. The number of aromatic nitrogens is 1. The van der Waals surface area contributed by atoms with Crippen LogP contribution in [-0.4, -0.2) is 16.1 Å². The van der Waals surface area contributed by atoms with E-state index in [2.05, 4.69) is 9.98 Å². The number of nitrogen functional groups attached to an aromatic ring is 1. The van der Waals surface area contributed by atoms with Crippen molar-refractivity contribution in [2.75, 3.05) is 10.6 Å². The number of carbonyl (C=O) groups is 1. The largest absolute Gasteiger partial charge is 0.399 e. The summed E-state index contributed by atoms with van der Waals surface area (Å²) in [7, 11) is 0. The molecule has 138 valence electrons. The van der Waals surface area contributed by atoms with Crippen LogP contribution in [0.1, 0.15) is 12.5 Å². The van der Waals surface area contributed by atoms with E-state index in [4.69, 9.17) is 5.73 Å². The molecule has 2 aromatic carbocycles. The van der Waals surface area contributed by atoms with E-state index in [1.54, 1.807) is 11.1 Å². The number of para-hydroxylation sites is 1. The first-order valence-corrected chi connectivity index (χ1v) is 9.59. The second-order valence-electron chi connectivity index (χ2n) is 6.24. The van der Waals surface area contributed by atoms with Crippen molar-refractivity contribution in [2.45, 2.75) is 6.92 Å². The molecule has 2 heterocycles. The summed E-state index contributed by atoms with van der Waals surface area (Å²) in [6.45, 7) is 1.93. The van der Waals surface area contributed by atoms with Gasteiger partial charge in [-0.3, -0.25) is 9.69 Å². The van der Waals surface area contributed by atoms with Gasteiger partial charge in [0.25, 0.3) is 5.91 Å². The molecule has 1 aromatic heterocycles. The summed E-state index contributed by atoms with van der Waals surface area (Å²) in [5.41, 5.74) is 9.14. The zero-order valence-electron chi connectivity index (χ0n) is 15.2. The van der Waals surface area contributed by atoms with Gasteiger partial charge in [-0.25, -0.2) is 9.98 Å². The molecule has 0 aliphatic carbocycles. The van der Waals surface area contributed by atoms with Crippen LogP contribution in [0.15, 0.2) is 88.9 Å². The van der Waals surface area contributed by atoms with Crippen molar-refractivity contribution in [3.05, 3.63) is 89.5 Å². The highest BCUT2D eigenvalue weighted by molar-refractivity contribution is 8.19. The fourth-order valence-electron chi connectivity index (χ4n) is 2.90. The number of anilines is 2. The molecular weight excluding hydrogens is 368 g/mol. The molecule has 0 bridgehead atoms. The van der Waals surface area contributed by atoms with Crippen LogP contribution in [0.4, 0.5) is 17.2 Å². The van der Waals surface area contributed by atoms with Gasteiger partial charge in [0.1, 0.15) is 0 Å². The summed E-state index contributed by atoms with van der Waals surface area (Å²) in [6.07, 6.45) is 1.68. The molecule has 0 spiro atoms. The third kappa shape index (κ3) is 3.54. The molecule has 0 saturated carbocycles. The van der Waals surface area contributed by atoms with Gasteiger partial charge in [0.15, 0.2) is 11.0 Å². The molecule has 1 aliphatic rings. The highest BCUT2D eigenvalue weighted by atomic mass is 32.2. The maximum absolute atomic E-state index is 13.3. The number of rotatable bonds is 3. The molecular formula is C22H18N4OS. The van der Waals surface area contributed by atoms with Gasteiger partial charge in [0, 0.05) is 11.9 Å². The number of pyridine rings is 1. The predicted molar refractivity (Wildman–Crippen MR) is 116 cm³/mol. The normalized spacial score (nSPS) is 17.2. The Kier molecular flexibility index (Phi) is 4.95. The number of aliphatic imine (C=N–C) groups is 1. The zero-order chi connectivity index (χ0) is 19.5. The van der Waals surface area contributed by atoms with Gasteiger partial charge < -0.3 is 5.73 Å². The Morgan fingerprint density at radius 3 is 2.54 bits per heavy atom. The number of thioether (sulfide) groups is 1. The standard InChI is InChI=1S/C22H18N4OS/c1-15(16-8-7-9-17(23)14-16)20-21(27)26(18-10-3-2-4-11-18)22(28-20)25-19-12-5-6-13-24-19/h2-14H,23H2,1H3/b20-15-,25-22+. The van der Waals surface area contributed by atoms with Gasteiger partial charge in [0.2, 0.25) is 0 Å². The van der Waals surface area contributed by atoms with Crippen LogP contribution < -0.4 is 10.6 Å². The van der Waals surface area contributed by atoms with E-state index in [-0.39, 0.29) is 5.91 Å². The number of allylic oxidation sites excluding steroid dienone is 1. The van der Waals surface area contributed by atoms with Crippen LogP contribution in [0.2, 0.25) is 0 Å². The second-order valence-corrected chi connectivity index (χ2v) is 7.22. The van der Waals surface area contributed by atoms with Crippen molar-refractivity contribution in [3.63, 3.8) is 0 Å². The average molecular weight is 386 g/mol. The molecule has 3 aromatic rings. The third-order valence-electron chi connectivity index (χ3n) is 4.32. The summed E-state index contributed by atoms with van der Waals surface area (Å²) in [5.74, 6) is 0.451. The molecule has 2 N–H and O–H groups in total. The number of nitrogens with two attached hydrogens (primary N) is 1. The number of amidine groups is 1. The molecule has 1 fully saturated rings. The molecule has 1 saturated heterocycles. The smallest absolute Gasteiger partial charge is 0.271 e. The van der Waals surface area contributed by atoms with Crippen LogP contribution >= 0.6 is 11.8 Å². The predicted octanol–water partition coefficient (Wildman–Crippen LogP) is 4.86. The average Bonchev–Trinajstić information content (AvgIpc) is 3.04. The van der Waals surface area contributed by atoms with Crippen molar-refractivity contribution < 1.29 is 4.79 Å². The lowest BCUT2D eigenvalue weighted by Gasteiger charge is -2.15. The maximum Gasteiger partial charge on any atom is 0.271 e. The first-order chi connectivity index (χ1) is 13.6. The minimum absolute atomic E-state index is 0.106. The first kappa shape index (κ1) is 18.0. The molecule has 28 heavy (non-hydrogen) atoms. The quantitative estimate of drug-likeness (QED) is 0.515. The lowest BCUT2D eigenvalue weighted by Crippen LogP contribution is -2.28. The first-order valence-electron chi connectivity index (χ1n) is 8.77. The van der Waals surface area contributed by atoms with Gasteiger partial charge >= 0.3 is 0 Å². The summed E-state index contributed by atoms with van der Waals surface area (Å²) in [6, 6.07) is 22.6. The fraction of sp³-hybridized carbons (Fsp3) is 0.0455. The van der Waals surface area contributed by atoms with E-state index in [1.807, 2.05) is 79.7 Å². The Morgan fingerprint density at radius 1 is 1.04 bits per heavy atom. The molecule has 0 atom stereocenters. The zero-order valence-corrected chi connectivity index (χ0v) is 16.1. The van der Waals surface area contributed by atoms with Crippen LogP contribution in [0.5, 0.6) is 0 Å². The summed E-state index contributed by atoms with van der Waals surface area (Å²) in [5, 5.41) is 0.577. The highest BCUT2D eigenvalue weighted by Crippen LogP contribution is 2.40. The second kappa shape index (κ2) is 7.70. The van der Waals surface area contributed by atoms with Crippen LogP contribution in [0.25, 0.3) is 5.57 Å². The van der Waals surface area contributed by atoms with Gasteiger partial charge in [-0.2, -0.15) is 0 Å². The summed E-state index contributed by atoms with van der Waals surface area (Å²) >= 11 is 1.35. The van der Waals surface area contributed by atoms with E-state index >= 15 is 0 Å². The van der Waals surface area contributed by atoms with Crippen LogP contribution in [-0.2, 0) is 4.79 Å². The van der Waals surface area contributed by atoms with Gasteiger partial charge in [-0.1, -0.05) is 36.4 Å². The number of hydrogen-bond donors (Lipinski definition) is 1. The number of hydrogen-bond acceptors (Lipinski definition) is 5. The number of benzene rings is 2. The number of carbonyl (C=O) groups excluding carboxylic acids is 1. The summed E-state index contributed by atoms with van der Waals surface area (Å²) < 4.78 is 0. The molecule has 0 unspecified atom stereocenters. The van der Waals surface area contributed by atoms with Crippen LogP contribution in [0, 0.1) is 0 Å². The van der Waals surface area contributed by atoms with Crippen molar-refractivity contribution in [3.8, 4) is 0 Å². The number of nitrogens with zero attached hydrogens (tertiary/aromatic N) is 3. The monoisotopic (exact) mass is 386 g/mol. The Morgan fingerprint density at radius 2 is 1.82 bits per heavy atom. The van der Waals surface area contributed by atoms with Crippen molar-refractivity contribution in [1.29, 1.82) is 0 Å². The highest BCUT2D eigenvalue weighted by Gasteiger charge is 2.36. The van der Waals surface area contributed by atoms with Crippen molar-refractivity contribution >= 4 is 45.6 Å².